The predicted octanol–water partition coefficient (Wildman–Crippen LogP) is 2.10. The third kappa shape index (κ3) is 2.43. The zero-order chi connectivity index (χ0) is 11.4. The van der Waals surface area contributed by atoms with Crippen LogP contribution in [0.1, 0.15) is 57.1 Å². The van der Waals surface area contributed by atoms with E-state index in [0.717, 1.165) is 37.9 Å². The van der Waals surface area contributed by atoms with Crippen LogP contribution < -0.4 is 0 Å². The average Bonchev–Trinajstić information content (AvgIpc) is 2.61. The Kier molecular flexibility index (Phi) is 3.93. The highest BCUT2D eigenvalue weighted by molar-refractivity contribution is 5.06. The van der Waals surface area contributed by atoms with E-state index in [0.29, 0.717) is 0 Å². The number of hydrogen-bond acceptors (Lipinski definition) is 3. The highest BCUT2D eigenvalue weighted by Gasteiger charge is 2.26. The highest BCUT2D eigenvalue weighted by atomic mass is 16.3. The van der Waals surface area contributed by atoms with Gasteiger partial charge < -0.3 is 5.11 Å². The largest absolute Gasteiger partial charge is 0.392 e. The van der Waals surface area contributed by atoms with Gasteiger partial charge in [-0.05, 0) is 19.3 Å². The molecule has 4 nitrogen and oxygen atoms in total. The Morgan fingerprint density at radius 2 is 2.19 bits per heavy atom. The molecule has 1 saturated carbocycles. The summed E-state index contributed by atoms with van der Waals surface area (Å²) in [6.07, 6.45) is 8.25. The normalized spacial score (nSPS) is 26.6. The summed E-state index contributed by atoms with van der Waals surface area (Å²) < 4.78 is 1.96. The van der Waals surface area contributed by atoms with Crippen molar-refractivity contribution in [3.63, 3.8) is 0 Å². The van der Waals surface area contributed by atoms with Gasteiger partial charge in [0.15, 0.2) is 0 Å². The monoisotopic (exact) mass is 223 g/mol. The topological polar surface area (TPSA) is 50.9 Å². The van der Waals surface area contributed by atoms with Crippen molar-refractivity contribution in [2.24, 2.45) is 0 Å². The summed E-state index contributed by atoms with van der Waals surface area (Å²) in [7, 11) is 0. The third-order valence-electron chi connectivity index (χ3n) is 3.44. The van der Waals surface area contributed by atoms with E-state index in [1.54, 1.807) is 0 Å². The Hall–Kier alpha value is -0.900. The summed E-state index contributed by atoms with van der Waals surface area (Å²) in [6, 6.07) is 0. The predicted molar refractivity (Wildman–Crippen MR) is 62.1 cm³/mol. The minimum absolute atomic E-state index is 0.211. The number of aliphatic hydroxyl groups excluding tert-OH is 1. The second kappa shape index (κ2) is 5.43. The molecule has 2 unspecified atom stereocenters. The fourth-order valence-corrected chi connectivity index (χ4v) is 2.57. The van der Waals surface area contributed by atoms with Crippen LogP contribution in [-0.4, -0.2) is 26.2 Å². The molecule has 90 valence electrons. The SMILES string of the molecule is CCCn1nncc1C1CCCCCC1O. The van der Waals surface area contributed by atoms with Gasteiger partial charge in [0.05, 0.1) is 18.0 Å². The van der Waals surface area contributed by atoms with E-state index in [2.05, 4.69) is 17.2 Å². The lowest BCUT2D eigenvalue weighted by Crippen LogP contribution is -2.20. The zero-order valence-electron chi connectivity index (χ0n) is 9.97. The molecule has 0 bridgehead atoms. The zero-order valence-corrected chi connectivity index (χ0v) is 9.97. The summed E-state index contributed by atoms with van der Waals surface area (Å²) in [5.74, 6) is 0.240. The Morgan fingerprint density at radius 3 is 3.00 bits per heavy atom. The van der Waals surface area contributed by atoms with Crippen LogP contribution in [0.2, 0.25) is 0 Å². The molecular formula is C12H21N3O. The number of hydrogen-bond donors (Lipinski definition) is 1. The van der Waals surface area contributed by atoms with Crippen molar-refractivity contribution in [3.05, 3.63) is 11.9 Å². The third-order valence-corrected chi connectivity index (χ3v) is 3.44. The van der Waals surface area contributed by atoms with Crippen LogP contribution in [0.4, 0.5) is 0 Å². The van der Waals surface area contributed by atoms with E-state index in [9.17, 15) is 5.11 Å². The van der Waals surface area contributed by atoms with Crippen molar-refractivity contribution < 1.29 is 5.11 Å². The van der Waals surface area contributed by atoms with Crippen LogP contribution in [0.25, 0.3) is 0 Å². The van der Waals surface area contributed by atoms with E-state index in [1.165, 1.54) is 12.8 Å². The lowest BCUT2D eigenvalue weighted by atomic mass is 9.94. The van der Waals surface area contributed by atoms with E-state index >= 15 is 0 Å². The van der Waals surface area contributed by atoms with Crippen molar-refractivity contribution in [2.45, 2.75) is 64.0 Å². The maximum absolute atomic E-state index is 10.1. The Labute approximate surface area is 96.7 Å². The van der Waals surface area contributed by atoms with Gasteiger partial charge in [-0.2, -0.15) is 0 Å². The van der Waals surface area contributed by atoms with E-state index < -0.39 is 0 Å². The van der Waals surface area contributed by atoms with Crippen LogP contribution in [0, 0.1) is 0 Å². The first-order valence-electron chi connectivity index (χ1n) is 6.39. The van der Waals surface area contributed by atoms with Gasteiger partial charge in [-0.3, -0.25) is 0 Å². The molecule has 0 spiro atoms. The highest BCUT2D eigenvalue weighted by Crippen LogP contribution is 2.31. The molecule has 0 aliphatic heterocycles. The smallest absolute Gasteiger partial charge is 0.0729 e. The molecule has 1 heterocycles. The van der Waals surface area contributed by atoms with Crippen LogP contribution in [0.15, 0.2) is 6.20 Å². The van der Waals surface area contributed by atoms with Gasteiger partial charge in [0, 0.05) is 12.5 Å². The summed E-state index contributed by atoms with van der Waals surface area (Å²) >= 11 is 0. The molecule has 1 aromatic rings. The molecule has 0 aromatic carbocycles. The first-order chi connectivity index (χ1) is 7.83. The van der Waals surface area contributed by atoms with Gasteiger partial charge >= 0.3 is 0 Å². The Morgan fingerprint density at radius 1 is 1.38 bits per heavy atom. The molecule has 1 fully saturated rings. The number of aryl methyl sites for hydroxylation is 1. The molecule has 16 heavy (non-hydrogen) atoms. The molecule has 1 aliphatic rings. The number of nitrogens with zero attached hydrogens (tertiary/aromatic N) is 3. The number of aliphatic hydroxyl groups is 1. The van der Waals surface area contributed by atoms with Crippen LogP contribution in [-0.2, 0) is 6.54 Å². The maximum Gasteiger partial charge on any atom is 0.0729 e. The number of rotatable bonds is 3. The minimum Gasteiger partial charge on any atom is -0.392 e. The van der Waals surface area contributed by atoms with Gasteiger partial charge in [0.2, 0.25) is 0 Å². The standard InChI is InChI=1S/C12H21N3O/c1-2-8-15-11(9-13-14-15)10-6-4-3-5-7-12(10)16/h9-10,12,16H,2-8H2,1H3. The molecule has 2 rings (SSSR count). The minimum atomic E-state index is -0.211. The van der Waals surface area contributed by atoms with E-state index in [1.807, 2.05) is 10.9 Å². The Balaban J connectivity index is 2.16. The van der Waals surface area contributed by atoms with Gasteiger partial charge in [-0.25, -0.2) is 4.68 Å². The fraction of sp³-hybridized carbons (Fsp3) is 0.833. The molecule has 0 radical (unpaired) electrons. The van der Waals surface area contributed by atoms with Crippen molar-refractivity contribution >= 4 is 0 Å². The van der Waals surface area contributed by atoms with E-state index in [4.69, 9.17) is 0 Å². The lowest BCUT2D eigenvalue weighted by molar-refractivity contribution is 0.131. The van der Waals surface area contributed by atoms with Crippen molar-refractivity contribution in [1.29, 1.82) is 0 Å². The van der Waals surface area contributed by atoms with Crippen molar-refractivity contribution in [2.75, 3.05) is 0 Å². The van der Waals surface area contributed by atoms with Crippen LogP contribution in [0.3, 0.4) is 0 Å². The molecule has 0 amide bonds. The summed E-state index contributed by atoms with van der Waals surface area (Å²) in [5, 5.41) is 18.2. The summed E-state index contributed by atoms with van der Waals surface area (Å²) in [4.78, 5) is 0. The first kappa shape index (κ1) is 11.6. The average molecular weight is 223 g/mol. The molecule has 1 aliphatic carbocycles. The van der Waals surface area contributed by atoms with E-state index in [-0.39, 0.29) is 12.0 Å². The number of aromatic nitrogens is 3. The second-order valence-electron chi connectivity index (χ2n) is 4.69. The summed E-state index contributed by atoms with van der Waals surface area (Å²) in [6.45, 7) is 3.04. The molecule has 0 saturated heterocycles. The van der Waals surface area contributed by atoms with Crippen molar-refractivity contribution in [3.8, 4) is 0 Å². The second-order valence-corrected chi connectivity index (χ2v) is 4.69. The van der Waals surface area contributed by atoms with Crippen LogP contribution in [0.5, 0.6) is 0 Å². The quantitative estimate of drug-likeness (QED) is 0.798. The molecule has 1 N–H and O–H groups in total. The molecule has 4 heteroatoms. The summed E-state index contributed by atoms with van der Waals surface area (Å²) in [5.41, 5.74) is 1.12. The lowest BCUT2D eigenvalue weighted by Gasteiger charge is -2.20. The molecule has 1 aromatic heterocycles. The maximum atomic E-state index is 10.1. The van der Waals surface area contributed by atoms with Crippen molar-refractivity contribution in [1.82, 2.24) is 15.0 Å². The van der Waals surface area contributed by atoms with Gasteiger partial charge in [0.1, 0.15) is 0 Å². The molecule has 2 atom stereocenters. The fourth-order valence-electron chi connectivity index (χ4n) is 2.57. The van der Waals surface area contributed by atoms with Gasteiger partial charge in [-0.15, -0.1) is 5.10 Å². The van der Waals surface area contributed by atoms with Gasteiger partial charge in [0.25, 0.3) is 0 Å². The first-order valence-corrected chi connectivity index (χ1v) is 6.39. The van der Waals surface area contributed by atoms with Crippen LogP contribution >= 0.6 is 0 Å². The molecular weight excluding hydrogens is 202 g/mol. The Bertz CT molecular complexity index is 324. The van der Waals surface area contributed by atoms with Gasteiger partial charge in [-0.1, -0.05) is 31.4 Å².